The van der Waals surface area contributed by atoms with Gasteiger partial charge in [0.2, 0.25) is 5.88 Å². The highest BCUT2D eigenvalue weighted by molar-refractivity contribution is 5.88. The molecule has 1 aromatic heterocycles. The third-order valence-corrected chi connectivity index (χ3v) is 2.29. The monoisotopic (exact) mass is 223 g/mol. The second-order valence-electron chi connectivity index (χ2n) is 4.13. The molecule has 4 nitrogen and oxygen atoms in total. The number of methoxy groups -OCH3 is 1. The Morgan fingerprint density at radius 1 is 1.50 bits per heavy atom. The largest absolute Gasteiger partial charge is 0.481 e. The van der Waals surface area contributed by atoms with Crippen molar-refractivity contribution in [2.24, 2.45) is 5.92 Å². The molecule has 0 amide bonds. The van der Waals surface area contributed by atoms with Gasteiger partial charge in [-0.3, -0.25) is 0 Å². The molecular formula is C12H17NO3. The molecule has 1 N–H and O–H groups in total. The van der Waals surface area contributed by atoms with Crippen LogP contribution in [0.4, 0.5) is 0 Å². The summed E-state index contributed by atoms with van der Waals surface area (Å²) in [5, 5.41) is 8.92. The van der Waals surface area contributed by atoms with Gasteiger partial charge in [-0.2, -0.15) is 0 Å². The normalized spacial score (nSPS) is 10.5. The molecule has 4 heteroatoms. The van der Waals surface area contributed by atoms with Crippen LogP contribution in [-0.2, 0) is 6.42 Å². The van der Waals surface area contributed by atoms with Crippen LogP contribution in [0, 0.1) is 5.92 Å². The number of carboxylic acid groups (broad SMARTS) is 1. The first kappa shape index (κ1) is 12.5. The maximum absolute atomic E-state index is 10.9. The molecule has 0 radical (unpaired) electrons. The Morgan fingerprint density at radius 3 is 2.69 bits per heavy atom. The van der Waals surface area contributed by atoms with Crippen molar-refractivity contribution >= 4 is 5.97 Å². The first-order valence-electron chi connectivity index (χ1n) is 5.31. The van der Waals surface area contributed by atoms with Gasteiger partial charge in [-0.25, -0.2) is 9.78 Å². The van der Waals surface area contributed by atoms with Crippen LogP contribution in [-0.4, -0.2) is 23.2 Å². The van der Waals surface area contributed by atoms with Gasteiger partial charge in [0.05, 0.1) is 12.7 Å². The molecule has 0 saturated carbocycles. The van der Waals surface area contributed by atoms with Crippen LogP contribution in [0.5, 0.6) is 5.88 Å². The number of pyridine rings is 1. The number of carboxylic acids is 1. The van der Waals surface area contributed by atoms with Gasteiger partial charge in [0.25, 0.3) is 0 Å². The van der Waals surface area contributed by atoms with Crippen molar-refractivity contribution in [3.05, 3.63) is 23.4 Å². The molecule has 0 aliphatic rings. The Bertz CT molecular complexity index is 375. The van der Waals surface area contributed by atoms with Crippen LogP contribution < -0.4 is 4.74 Å². The number of aryl methyl sites for hydroxylation is 1. The van der Waals surface area contributed by atoms with Gasteiger partial charge in [-0.1, -0.05) is 13.8 Å². The summed E-state index contributed by atoms with van der Waals surface area (Å²) in [5.41, 5.74) is 0.996. The van der Waals surface area contributed by atoms with E-state index in [1.54, 1.807) is 6.07 Å². The van der Waals surface area contributed by atoms with Gasteiger partial charge < -0.3 is 9.84 Å². The molecule has 0 bridgehead atoms. The molecule has 0 saturated heterocycles. The van der Waals surface area contributed by atoms with Crippen LogP contribution in [0.3, 0.4) is 0 Å². The summed E-state index contributed by atoms with van der Waals surface area (Å²) in [4.78, 5) is 15.1. The van der Waals surface area contributed by atoms with Crippen molar-refractivity contribution in [3.63, 3.8) is 0 Å². The molecule has 0 aliphatic heterocycles. The molecule has 0 spiro atoms. The first-order valence-corrected chi connectivity index (χ1v) is 5.31. The van der Waals surface area contributed by atoms with Gasteiger partial charge in [-0.05, 0) is 24.8 Å². The van der Waals surface area contributed by atoms with Crippen molar-refractivity contribution in [1.29, 1.82) is 0 Å². The Morgan fingerprint density at radius 2 is 2.19 bits per heavy atom. The van der Waals surface area contributed by atoms with Gasteiger partial charge in [0.15, 0.2) is 0 Å². The van der Waals surface area contributed by atoms with Crippen LogP contribution in [0.2, 0.25) is 0 Å². The summed E-state index contributed by atoms with van der Waals surface area (Å²) in [6, 6.07) is 3.04. The quantitative estimate of drug-likeness (QED) is 0.832. The van der Waals surface area contributed by atoms with Crippen molar-refractivity contribution in [1.82, 2.24) is 4.98 Å². The lowest BCUT2D eigenvalue weighted by Gasteiger charge is -2.07. The van der Waals surface area contributed by atoms with Crippen molar-refractivity contribution in [2.75, 3.05) is 7.11 Å². The second-order valence-corrected chi connectivity index (χ2v) is 4.13. The highest BCUT2D eigenvalue weighted by Gasteiger charge is 2.09. The molecule has 1 aromatic rings. The zero-order valence-corrected chi connectivity index (χ0v) is 9.86. The van der Waals surface area contributed by atoms with E-state index in [1.165, 1.54) is 13.2 Å². The molecule has 0 fully saturated rings. The van der Waals surface area contributed by atoms with E-state index in [2.05, 4.69) is 18.8 Å². The Kier molecular flexibility index (Phi) is 4.28. The van der Waals surface area contributed by atoms with Gasteiger partial charge in [0, 0.05) is 11.8 Å². The minimum Gasteiger partial charge on any atom is -0.481 e. The first-order chi connectivity index (χ1) is 7.52. The van der Waals surface area contributed by atoms with Gasteiger partial charge >= 0.3 is 5.97 Å². The molecule has 0 aromatic carbocycles. The standard InChI is InChI=1S/C12H17NO3/c1-8(2)4-5-10-6-9(12(14)15)7-11(13-10)16-3/h6-8H,4-5H2,1-3H3,(H,14,15). The minimum atomic E-state index is -0.952. The summed E-state index contributed by atoms with van der Waals surface area (Å²) >= 11 is 0. The summed E-state index contributed by atoms with van der Waals surface area (Å²) in [6.45, 7) is 4.25. The van der Waals surface area contributed by atoms with Crippen molar-refractivity contribution in [3.8, 4) is 5.88 Å². The fourth-order valence-corrected chi connectivity index (χ4v) is 1.35. The molecule has 16 heavy (non-hydrogen) atoms. The Hall–Kier alpha value is -1.58. The summed E-state index contributed by atoms with van der Waals surface area (Å²) in [5.74, 6) is -0.0218. The van der Waals surface area contributed by atoms with E-state index in [0.717, 1.165) is 18.5 Å². The molecule has 0 unspecified atom stereocenters. The van der Waals surface area contributed by atoms with Crippen LogP contribution >= 0.6 is 0 Å². The lowest BCUT2D eigenvalue weighted by atomic mass is 10.1. The molecular weight excluding hydrogens is 206 g/mol. The van der Waals surface area contributed by atoms with Crippen LogP contribution in [0.15, 0.2) is 12.1 Å². The number of carbonyl (C=O) groups is 1. The second kappa shape index (κ2) is 5.49. The lowest BCUT2D eigenvalue weighted by molar-refractivity contribution is 0.0696. The van der Waals surface area contributed by atoms with E-state index in [4.69, 9.17) is 9.84 Å². The number of aromatic nitrogens is 1. The number of nitrogens with zero attached hydrogens (tertiary/aromatic N) is 1. The Balaban J connectivity index is 2.90. The summed E-state index contributed by atoms with van der Waals surface area (Å²) < 4.78 is 4.98. The van der Waals surface area contributed by atoms with E-state index in [0.29, 0.717) is 11.8 Å². The van der Waals surface area contributed by atoms with Crippen molar-refractivity contribution < 1.29 is 14.6 Å². The third-order valence-electron chi connectivity index (χ3n) is 2.29. The van der Waals surface area contributed by atoms with E-state index in [1.807, 2.05) is 0 Å². The number of hydrogen-bond acceptors (Lipinski definition) is 3. The lowest BCUT2D eigenvalue weighted by Crippen LogP contribution is -2.03. The topological polar surface area (TPSA) is 59.4 Å². The number of rotatable bonds is 5. The number of aromatic carboxylic acids is 1. The molecule has 0 atom stereocenters. The molecule has 1 rings (SSSR count). The zero-order valence-electron chi connectivity index (χ0n) is 9.86. The maximum atomic E-state index is 10.9. The SMILES string of the molecule is COc1cc(C(=O)O)cc(CCC(C)C)n1. The van der Waals surface area contributed by atoms with E-state index in [9.17, 15) is 4.79 Å². The average Bonchev–Trinajstić information content (AvgIpc) is 2.25. The predicted octanol–water partition coefficient (Wildman–Crippen LogP) is 2.38. The Labute approximate surface area is 95.3 Å². The summed E-state index contributed by atoms with van der Waals surface area (Å²) in [7, 11) is 1.49. The van der Waals surface area contributed by atoms with Gasteiger partial charge in [-0.15, -0.1) is 0 Å². The fourth-order valence-electron chi connectivity index (χ4n) is 1.35. The van der Waals surface area contributed by atoms with Gasteiger partial charge in [0.1, 0.15) is 0 Å². The molecule has 0 aliphatic carbocycles. The van der Waals surface area contributed by atoms with Crippen LogP contribution in [0.1, 0.15) is 36.3 Å². The fraction of sp³-hybridized carbons (Fsp3) is 0.500. The predicted molar refractivity (Wildman–Crippen MR) is 60.9 cm³/mol. The molecule has 88 valence electrons. The highest BCUT2D eigenvalue weighted by Crippen LogP contribution is 2.15. The highest BCUT2D eigenvalue weighted by atomic mass is 16.5. The third kappa shape index (κ3) is 3.53. The molecule has 1 heterocycles. The maximum Gasteiger partial charge on any atom is 0.335 e. The average molecular weight is 223 g/mol. The number of ether oxygens (including phenoxy) is 1. The number of hydrogen-bond donors (Lipinski definition) is 1. The smallest absolute Gasteiger partial charge is 0.335 e. The zero-order chi connectivity index (χ0) is 12.1. The summed E-state index contributed by atoms with van der Waals surface area (Å²) in [6.07, 6.45) is 1.76. The van der Waals surface area contributed by atoms with E-state index < -0.39 is 5.97 Å². The van der Waals surface area contributed by atoms with Crippen LogP contribution in [0.25, 0.3) is 0 Å². The van der Waals surface area contributed by atoms with E-state index in [-0.39, 0.29) is 5.56 Å². The minimum absolute atomic E-state index is 0.227. The van der Waals surface area contributed by atoms with E-state index >= 15 is 0 Å². The van der Waals surface area contributed by atoms with Crippen molar-refractivity contribution in [2.45, 2.75) is 26.7 Å².